The first-order valence-corrected chi connectivity index (χ1v) is 22.2. The molecule has 0 aliphatic carbocycles. The molecule has 52 heavy (non-hydrogen) atoms. The van der Waals surface area contributed by atoms with Gasteiger partial charge in [0.05, 0.1) is 6.61 Å². The maximum Gasteiger partial charge on any atom is 0.306 e. The molecule has 0 saturated carbocycles. The molecule has 1 N–H and O–H groups in total. The van der Waals surface area contributed by atoms with Gasteiger partial charge in [0.15, 0.2) is 6.10 Å². The number of esters is 2. The van der Waals surface area contributed by atoms with Crippen molar-refractivity contribution < 1.29 is 24.2 Å². The summed E-state index contributed by atoms with van der Waals surface area (Å²) in [6.45, 7) is 4.08. The molecule has 302 valence electrons. The molecule has 0 aromatic rings. The number of carbonyl (C=O) groups is 2. The SMILES string of the molecule is CCCCC/C=C\C/C=C\C/C=C\C/C=C\CCCC(=O)O[C@@H](CO)COC(=O)CCCCCCCCCCCCCCCCCCCCCCC. The number of allylic oxidation sites excluding steroid dienone is 8. The predicted octanol–water partition coefficient (Wildman–Crippen LogP) is 14.2. The van der Waals surface area contributed by atoms with E-state index in [1.165, 1.54) is 141 Å². The zero-order chi connectivity index (χ0) is 37.8. The van der Waals surface area contributed by atoms with Gasteiger partial charge >= 0.3 is 11.9 Å². The second-order valence-electron chi connectivity index (χ2n) is 14.8. The minimum absolute atomic E-state index is 0.0858. The van der Waals surface area contributed by atoms with Crippen LogP contribution in [0.3, 0.4) is 0 Å². The summed E-state index contributed by atoms with van der Waals surface area (Å²) in [6.07, 6.45) is 54.8. The molecule has 0 amide bonds. The van der Waals surface area contributed by atoms with Crippen molar-refractivity contribution in [3.63, 3.8) is 0 Å². The second-order valence-corrected chi connectivity index (χ2v) is 14.8. The Labute approximate surface area is 322 Å². The molecule has 5 nitrogen and oxygen atoms in total. The highest BCUT2D eigenvalue weighted by molar-refractivity contribution is 5.70. The van der Waals surface area contributed by atoms with Crippen LogP contribution in [0, 0.1) is 0 Å². The lowest BCUT2D eigenvalue weighted by molar-refractivity contribution is -0.161. The Morgan fingerprint density at radius 2 is 0.788 bits per heavy atom. The van der Waals surface area contributed by atoms with Crippen LogP contribution in [0.2, 0.25) is 0 Å². The zero-order valence-electron chi connectivity index (χ0n) is 34.3. The molecule has 0 unspecified atom stereocenters. The van der Waals surface area contributed by atoms with Gasteiger partial charge in [-0.3, -0.25) is 9.59 Å². The van der Waals surface area contributed by atoms with E-state index < -0.39 is 6.10 Å². The van der Waals surface area contributed by atoms with Crippen LogP contribution in [0.5, 0.6) is 0 Å². The van der Waals surface area contributed by atoms with Crippen molar-refractivity contribution in [1.29, 1.82) is 0 Å². The average molecular weight is 729 g/mol. The highest BCUT2D eigenvalue weighted by Gasteiger charge is 2.16. The van der Waals surface area contributed by atoms with Gasteiger partial charge in [-0.25, -0.2) is 0 Å². The van der Waals surface area contributed by atoms with Gasteiger partial charge < -0.3 is 14.6 Å². The van der Waals surface area contributed by atoms with Crippen molar-refractivity contribution in [1.82, 2.24) is 0 Å². The third kappa shape index (κ3) is 40.6. The predicted molar refractivity (Wildman–Crippen MR) is 224 cm³/mol. The number of unbranched alkanes of at least 4 members (excludes halogenated alkanes) is 24. The molecule has 0 saturated heterocycles. The van der Waals surface area contributed by atoms with Crippen LogP contribution in [0.25, 0.3) is 0 Å². The number of ether oxygens (including phenoxy) is 2. The Morgan fingerprint density at radius 3 is 1.21 bits per heavy atom. The van der Waals surface area contributed by atoms with E-state index in [2.05, 4.69) is 62.5 Å². The van der Waals surface area contributed by atoms with Gasteiger partial charge in [-0.15, -0.1) is 0 Å². The third-order valence-corrected chi connectivity index (χ3v) is 9.63. The molecule has 0 aromatic carbocycles. The molecular weight excluding hydrogens is 645 g/mol. The smallest absolute Gasteiger partial charge is 0.306 e. The van der Waals surface area contributed by atoms with Crippen molar-refractivity contribution in [2.24, 2.45) is 0 Å². The number of aliphatic hydroxyl groups is 1. The van der Waals surface area contributed by atoms with Crippen molar-refractivity contribution in [2.45, 2.75) is 225 Å². The van der Waals surface area contributed by atoms with Crippen LogP contribution in [0.15, 0.2) is 48.6 Å². The summed E-state index contributed by atoms with van der Waals surface area (Å²) in [5, 5.41) is 9.57. The molecule has 0 aromatic heterocycles. The number of hydrogen-bond acceptors (Lipinski definition) is 5. The van der Waals surface area contributed by atoms with Gasteiger partial charge in [-0.1, -0.05) is 204 Å². The van der Waals surface area contributed by atoms with Crippen molar-refractivity contribution in [3.8, 4) is 0 Å². The largest absolute Gasteiger partial charge is 0.462 e. The van der Waals surface area contributed by atoms with Crippen molar-refractivity contribution in [3.05, 3.63) is 48.6 Å². The van der Waals surface area contributed by atoms with Crippen LogP contribution in [0.1, 0.15) is 219 Å². The first kappa shape index (κ1) is 49.9. The van der Waals surface area contributed by atoms with E-state index in [0.29, 0.717) is 12.8 Å². The van der Waals surface area contributed by atoms with Crippen molar-refractivity contribution in [2.75, 3.05) is 13.2 Å². The van der Waals surface area contributed by atoms with E-state index in [-0.39, 0.29) is 31.6 Å². The summed E-state index contributed by atoms with van der Waals surface area (Å²) in [5.41, 5.74) is 0. The Morgan fingerprint density at radius 1 is 0.442 bits per heavy atom. The fourth-order valence-electron chi connectivity index (χ4n) is 6.25. The summed E-state index contributed by atoms with van der Waals surface area (Å²) < 4.78 is 10.6. The Bertz CT molecular complexity index is 873. The summed E-state index contributed by atoms with van der Waals surface area (Å²) in [7, 11) is 0. The normalized spacial score (nSPS) is 12.6. The van der Waals surface area contributed by atoms with Crippen LogP contribution in [-0.2, 0) is 19.1 Å². The molecule has 0 aliphatic rings. The third-order valence-electron chi connectivity index (χ3n) is 9.63. The number of carbonyl (C=O) groups excluding carboxylic acids is 2. The van der Waals surface area contributed by atoms with E-state index in [0.717, 1.165) is 44.9 Å². The molecule has 0 fully saturated rings. The van der Waals surface area contributed by atoms with E-state index in [9.17, 15) is 14.7 Å². The van der Waals surface area contributed by atoms with E-state index in [1.807, 2.05) is 0 Å². The lowest BCUT2D eigenvalue weighted by Gasteiger charge is -2.15. The van der Waals surface area contributed by atoms with E-state index in [1.54, 1.807) is 0 Å². The summed E-state index contributed by atoms with van der Waals surface area (Å²) >= 11 is 0. The molecule has 5 heteroatoms. The molecule has 0 bridgehead atoms. The van der Waals surface area contributed by atoms with Crippen molar-refractivity contribution >= 4 is 11.9 Å². The molecule has 0 radical (unpaired) electrons. The molecule has 0 rings (SSSR count). The Balaban J connectivity index is 3.57. The first-order chi connectivity index (χ1) is 25.6. The highest BCUT2D eigenvalue weighted by atomic mass is 16.6. The van der Waals surface area contributed by atoms with Crippen LogP contribution in [0.4, 0.5) is 0 Å². The molecule has 1 atom stereocenters. The maximum absolute atomic E-state index is 12.2. The minimum atomic E-state index is -0.798. The van der Waals surface area contributed by atoms with Gasteiger partial charge in [-0.2, -0.15) is 0 Å². The fraction of sp³-hybridized carbons (Fsp3) is 0.787. The minimum Gasteiger partial charge on any atom is -0.462 e. The Hall–Kier alpha value is -2.14. The van der Waals surface area contributed by atoms with Crippen LogP contribution >= 0.6 is 0 Å². The summed E-state index contributed by atoms with van der Waals surface area (Å²) in [4.78, 5) is 24.3. The van der Waals surface area contributed by atoms with Gasteiger partial charge in [0, 0.05) is 12.8 Å². The topological polar surface area (TPSA) is 72.8 Å². The number of hydrogen-bond donors (Lipinski definition) is 1. The van der Waals surface area contributed by atoms with Crippen LogP contribution < -0.4 is 0 Å². The van der Waals surface area contributed by atoms with Crippen LogP contribution in [-0.4, -0.2) is 36.4 Å². The highest BCUT2D eigenvalue weighted by Crippen LogP contribution is 2.15. The van der Waals surface area contributed by atoms with E-state index >= 15 is 0 Å². The monoisotopic (exact) mass is 729 g/mol. The van der Waals surface area contributed by atoms with Gasteiger partial charge in [0.2, 0.25) is 0 Å². The molecule has 0 heterocycles. The number of aliphatic hydroxyl groups excluding tert-OH is 1. The maximum atomic E-state index is 12.2. The molecule has 0 aliphatic heterocycles. The number of rotatable bonds is 40. The average Bonchev–Trinajstić information content (AvgIpc) is 3.15. The van der Waals surface area contributed by atoms with Gasteiger partial charge in [0.25, 0.3) is 0 Å². The van der Waals surface area contributed by atoms with E-state index in [4.69, 9.17) is 9.47 Å². The molecular formula is C47H84O5. The lowest BCUT2D eigenvalue weighted by atomic mass is 10.0. The fourth-order valence-corrected chi connectivity index (χ4v) is 6.25. The first-order valence-electron chi connectivity index (χ1n) is 22.2. The summed E-state index contributed by atoms with van der Waals surface area (Å²) in [6, 6.07) is 0. The Kier molecular flexibility index (Phi) is 41.5. The van der Waals surface area contributed by atoms with Gasteiger partial charge in [-0.05, 0) is 51.4 Å². The summed E-state index contributed by atoms with van der Waals surface area (Å²) in [5.74, 6) is -0.650. The zero-order valence-corrected chi connectivity index (χ0v) is 34.3. The van der Waals surface area contributed by atoms with Gasteiger partial charge in [0.1, 0.15) is 6.61 Å². The quantitative estimate of drug-likeness (QED) is 0.0386. The lowest BCUT2D eigenvalue weighted by Crippen LogP contribution is -2.28. The standard InChI is InChI=1S/C47H84O5/c1-3-5-7-9-11-13-15-17-19-21-22-23-24-26-27-29-31-33-35-37-39-41-46(49)51-44-45(43-48)52-47(50)42-40-38-36-34-32-30-28-25-20-18-16-14-12-10-8-6-4-2/h12,14,18,20,28,30,34,36,45,48H,3-11,13,15-17,19,21-27,29,31-33,35,37-44H2,1-2H3/b14-12-,20-18-,30-28-,36-34-/t45-/m0/s1. The second kappa shape index (κ2) is 43.3. The molecule has 0 spiro atoms.